The number of rotatable bonds is 2. The first-order valence-corrected chi connectivity index (χ1v) is 6.40. The topological polar surface area (TPSA) is 26.0 Å². The van der Waals surface area contributed by atoms with E-state index in [9.17, 15) is 0 Å². The van der Waals surface area contributed by atoms with E-state index in [1.807, 2.05) is 42.5 Å². The monoisotopic (exact) mass is 269 g/mol. The third-order valence-electron chi connectivity index (χ3n) is 2.99. The van der Waals surface area contributed by atoms with Gasteiger partial charge in [0.25, 0.3) is 0 Å². The molecule has 2 aromatic carbocycles. The normalized spacial score (nSPS) is 10.6. The zero-order chi connectivity index (χ0) is 13.2. The minimum Gasteiger partial charge on any atom is -0.356 e. The Morgan fingerprint density at radius 3 is 2.21 bits per heavy atom. The van der Waals surface area contributed by atoms with Crippen molar-refractivity contribution in [3.63, 3.8) is 0 Å². The number of hydrogen-bond donors (Lipinski definition) is 0. The van der Waals surface area contributed by atoms with Gasteiger partial charge in [0.2, 0.25) is 0 Å². The second-order valence-corrected chi connectivity index (χ2v) is 4.89. The summed E-state index contributed by atoms with van der Waals surface area (Å²) in [7, 11) is 0. The summed E-state index contributed by atoms with van der Waals surface area (Å²) >= 11 is 5.87. The predicted molar refractivity (Wildman–Crippen MR) is 77.1 cm³/mol. The van der Waals surface area contributed by atoms with Crippen LogP contribution >= 0.6 is 11.6 Å². The molecule has 0 saturated carbocycles. The zero-order valence-corrected chi connectivity index (χ0v) is 11.2. The van der Waals surface area contributed by atoms with E-state index in [0.29, 0.717) is 5.02 Å². The van der Waals surface area contributed by atoms with Gasteiger partial charge in [-0.05, 0) is 31.2 Å². The van der Waals surface area contributed by atoms with E-state index >= 15 is 0 Å². The fourth-order valence-electron chi connectivity index (χ4n) is 1.89. The van der Waals surface area contributed by atoms with Crippen LogP contribution in [0.1, 0.15) is 5.56 Å². The maximum Gasteiger partial charge on any atom is 0.167 e. The van der Waals surface area contributed by atoms with Gasteiger partial charge < -0.3 is 4.52 Å². The van der Waals surface area contributed by atoms with Crippen molar-refractivity contribution in [2.45, 2.75) is 6.92 Å². The Balaban J connectivity index is 1.95. The van der Waals surface area contributed by atoms with Crippen molar-refractivity contribution in [1.29, 1.82) is 0 Å². The Morgan fingerprint density at radius 1 is 0.895 bits per heavy atom. The highest BCUT2D eigenvalue weighted by molar-refractivity contribution is 6.30. The number of aryl methyl sites for hydroxylation is 1. The Hall–Kier alpha value is -2.06. The second kappa shape index (κ2) is 4.90. The minimum absolute atomic E-state index is 0.710. The summed E-state index contributed by atoms with van der Waals surface area (Å²) in [6.45, 7) is 2.06. The van der Waals surface area contributed by atoms with E-state index in [1.165, 1.54) is 5.56 Å². The highest BCUT2D eigenvalue weighted by atomic mass is 35.5. The smallest absolute Gasteiger partial charge is 0.167 e. The number of nitrogens with zero attached hydrogens (tertiary/aromatic N) is 1. The van der Waals surface area contributed by atoms with Crippen molar-refractivity contribution in [2.24, 2.45) is 0 Å². The molecule has 1 heterocycles. The molecule has 19 heavy (non-hydrogen) atoms. The van der Waals surface area contributed by atoms with Crippen molar-refractivity contribution >= 4 is 11.6 Å². The van der Waals surface area contributed by atoms with Crippen LogP contribution in [0.15, 0.2) is 59.1 Å². The molecule has 0 N–H and O–H groups in total. The van der Waals surface area contributed by atoms with Crippen molar-refractivity contribution in [2.75, 3.05) is 0 Å². The average molecular weight is 270 g/mol. The molecule has 94 valence electrons. The summed E-state index contributed by atoms with van der Waals surface area (Å²) in [6, 6.07) is 17.7. The molecule has 0 saturated heterocycles. The third kappa shape index (κ3) is 2.54. The molecular formula is C16H12ClNO. The molecule has 0 unspecified atom stereocenters. The Kier molecular flexibility index (Phi) is 3.10. The van der Waals surface area contributed by atoms with Crippen LogP contribution in [0.3, 0.4) is 0 Å². The molecule has 3 rings (SSSR count). The first-order chi connectivity index (χ1) is 9.22. The quantitative estimate of drug-likeness (QED) is 0.656. The lowest BCUT2D eigenvalue weighted by atomic mass is 10.1. The van der Waals surface area contributed by atoms with Crippen LogP contribution in [-0.2, 0) is 0 Å². The number of halogens is 1. The van der Waals surface area contributed by atoms with Gasteiger partial charge in [-0.1, -0.05) is 46.6 Å². The molecule has 0 atom stereocenters. The fraction of sp³-hybridized carbons (Fsp3) is 0.0625. The van der Waals surface area contributed by atoms with Crippen LogP contribution in [0.25, 0.3) is 22.6 Å². The van der Waals surface area contributed by atoms with Crippen LogP contribution in [-0.4, -0.2) is 5.16 Å². The highest BCUT2D eigenvalue weighted by Gasteiger charge is 2.08. The SMILES string of the molecule is Cc1ccc(-c2cc(-c3ccc(Cl)cc3)on2)cc1. The van der Waals surface area contributed by atoms with Crippen LogP contribution in [0.4, 0.5) is 0 Å². The standard InChI is InChI=1S/C16H12ClNO/c1-11-2-4-12(5-3-11)15-10-16(19-18-15)13-6-8-14(17)9-7-13/h2-10H,1H3. The zero-order valence-electron chi connectivity index (χ0n) is 10.4. The molecule has 3 heteroatoms. The summed E-state index contributed by atoms with van der Waals surface area (Å²) in [5.74, 6) is 0.743. The highest BCUT2D eigenvalue weighted by Crippen LogP contribution is 2.26. The second-order valence-electron chi connectivity index (χ2n) is 4.45. The number of aromatic nitrogens is 1. The van der Waals surface area contributed by atoms with E-state index in [2.05, 4.69) is 24.2 Å². The van der Waals surface area contributed by atoms with Crippen LogP contribution < -0.4 is 0 Å². The molecule has 0 bridgehead atoms. The molecule has 0 aliphatic carbocycles. The van der Waals surface area contributed by atoms with Crippen LogP contribution in [0, 0.1) is 6.92 Å². The van der Waals surface area contributed by atoms with Gasteiger partial charge in [-0.3, -0.25) is 0 Å². The Morgan fingerprint density at radius 2 is 1.53 bits per heavy atom. The minimum atomic E-state index is 0.710. The lowest BCUT2D eigenvalue weighted by Gasteiger charge is -1.95. The maximum atomic E-state index is 5.87. The average Bonchev–Trinajstić information content (AvgIpc) is 2.90. The third-order valence-corrected chi connectivity index (χ3v) is 3.24. The van der Waals surface area contributed by atoms with Crippen molar-refractivity contribution in [1.82, 2.24) is 5.16 Å². The van der Waals surface area contributed by atoms with Crippen molar-refractivity contribution in [3.8, 4) is 22.6 Å². The van der Waals surface area contributed by atoms with Gasteiger partial charge in [-0.2, -0.15) is 0 Å². The maximum absolute atomic E-state index is 5.87. The molecule has 3 aromatic rings. The van der Waals surface area contributed by atoms with Crippen molar-refractivity contribution in [3.05, 3.63) is 65.2 Å². The lowest BCUT2D eigenvalue weighted by Crippen LogP contribution is -1.77. The summed E-state index contributed by atoms with van der Waals surface area (Å²) in [6.07, 6.45) is 0. The molecule has 0 aliphatic heterocycles. The summed E-state index contributed by atoms with van der Waals surface area (Å²) < 4.78 is 5.38. The van der Waals surface area contributed by atoms with Gasteiger partial charge >= 0.3 is 0 Å². The predicted octanol–water partition coefficient (Wildman–Crippen LogP) is 4.97. The van der Waals surface area contributed by atoms with E-state index in [4.69, 9.17) is 16.1 Å². The summed E-state index contributed by atoms with van der Waals surface area (Å²) in [5, 5.41) is 4.82. The van der Waals surface area contributed by atoms with Gasteiger partial charge in [0.15, 0.2) is 5.76 Å². The van der Waals surface area contributed by atoms with E-state index in [1.54, 1.807) is 0 Å². The van der Waals surface area contributed by atoms with Gasteiger partial charge in [0, 0.05) is 22.2 Å². The molecule has 0 spiro atoms. The van der Waals surface area contributed by atoms with Gasteiger partial charge in [0.1, 0.15) is 5.69 Å². The molecule has 0 amide bonds. The van der Waals surface area contributed by atoms with E-state index < -0.39 is 0 Å². The molecule has 1 aromatic heterocycles. The summed E-state index contributed by atoms with van der Waals surface area (Å²) in [4.78, 5) is 0. The van der Waals surface area contributed by atoms with Gasteiger partial charge in [-0.25, -0.2) is 0 Å². The summed E-state index contributed by atoms with van der Waals surface area (Å²) in [5.41, 5.74) is 4.08. The Labute approximate surface area is 116 Å². The van der Waals surface area contributed by atoms with Crippen molar-refractivity contribution < 1.29 is 4.52 Å². The van der Waals surface area contributed by atoms with Crippen LogP contribution in [0.5, 0.6) is 0 Å². The number of hydrogen-bond acceptors (Lipinski definition) is 2. The lowest BCUT2D eigenvalue weighted by molar-refractivity contribution is 0.435. The Bertz CT molecular complexity index is 624. The fourth-order valence-corrected chi connectivity index (χ4v) is 2.01. The van der Waals surface area contributed by atoms with Gasteiger partial charge in [-0.15, -0.1) is 0 Å². The first-order valence-electron chi connectivity index (χ1n) is 6.02. The number of benzene rings is 2. The first kappa shape index (κ1) is 12.0. The van der Waals surface area contributed by atoms with Crippen LogP contribution in [0.2, 0.25) is 5.02 Å². The molecular weight excluding hydrogens is 258 g/mol. The molecule has 0 aliphatic rings. The van der Waals surface area contributed by atoms with E-state index in [0.717, 1.165) is 22.6 Å². The van der Waals surface area contributed by atoms with Gasteiger partial charge in [0.05, 0.1) is 0 Å². The largest absolute Gasteiger partial charge is 0.356 e. The van der Waals surface area contributed by atoms with E-state index in [-0.39, 0.29) is 0 Å². The molecule has 2 nitrogen and oxygen atoms in total. The molecule has 0 radical (unpaired) electrons. The molecule has 0 fully saturated rings.